The lowest BCUT2D eigenvalue weighted by atomic mass is 10.4. The number of sulfonamides is 1. The van der Waals surface area contributed by atoms with Crippen molar-refractivity contribution in [1.82, 2.24) is 15.2 Å². The van der Waals surface area contributed by atoms with E-state index in [9.17, 15) is 8.42 Å². The molecule has 0 atom stereocenters. The van der Waals surface area contributed by atoms with Crippen molar-refractivity contribution in [2.24, 2.45) is 0 Å². The summed E-state index contributed by atoms with van der Waals surface area (Å²) in [7, 11) is -3.63. The van der Waals surface area contributed by atoms with Gasteiger partial charge in [-0.05, 0) is 27.7 Å². The first-order valence-electron chi connectivity index (χ1n) is 5.29. The molecule has 0 unspecified atom stereocenters. The van der Waals surface area contributed by atoms with Crippen LogP contribution < -0.4 is 4.72 Å². The van der Waals surface area contributed by atoms with Gasteiger partial charge in [0.1, 0.15) is 4.90 Å². The highest BCUT2D eigenvalue weighted by molar-refractivity contribution is 7.93. The van der Waals surface area contributed by atoms with Crippen LogP contribution in [0.1, 0.15) is 22.0 Å². The molecule has 0 bridgehead atoms. The Bertz CT molecular complexity index is 646. The fraction of sp³-hybridized carbons (Fsp3) is 0.400. The van der Waals surface area contributed by atoms with Gasteiger partial charge in [-0.15, -0.1) is 11.3 Å². The minimum absolute atomic E-state index is 0.188. The van der Waals surface area contributed by atoms with E-state index in [0.717, 1.165) is 10.6 Å². The first-order chi connectivity index (χ1) is 8.31. The average molecular weight is 286 g/mol. The van der Waals surface area contributed by atoms with Gasteiger partial charge < -0.3 is 0 Å². The number of aryl methyl sites for hydroxylation is 4. The molecular formula is C10H14N4O2S2. The lowest BCUT2D eigenvalue weighted by molar-refractivity contribution is 0.600. The molecule has 98 valence electrons. The number of thiazole rings is 1. The molecule has 0 aliphatic carbocycles. The molecule has 8 heteroatoms. The average Bonchev–Trinajstić information content (AvgIpc) is 2.71. The minimum atomic E-state index is -3.63. The van der Waals surface area contributed by atoms with Crippen LogP contribution in [0.4, 0.5) is 5.13 Å². The first kappa shape index (κ1) is 13.0. The van der Waals surface area contributed by atoms with Crippen LogP contribution in [0, 0.1) is 27.7 Å². The van der Waals surface area contributed by atoms with Gasteiger partial charge in [-0.1, -0.05) is 0 Å². The fourth-order valence-corrected chi connectivity index (χ4v) is 4.04. The monoisotopic (exact) mass is 286 g/mol. The van der Waals surface area contributed by atoms with E-state index in [1.807, 2.05) is 13.8 Å². The third kappa shape index (κ3) is 2.25. The molecule has 18 heavy (non-hydrogen) atoms. The van der Waals surface area contributed by atoms with Gasteiger partial charge >= 0.3 is 0 Å². The molecule has 0 spiro atoms. The minimum Gasteiger partial charge on any atom is -0.281 e. The van der Waals surface area contributed by atoms with Crippen LogP contribution >= 0.6 is 11.3 Å². The fourth-order valence-electron chi connectivity index (χ4n) is 1.62. The zero-order valence-corrected chi connectivity index (χ0v) is 12.2. The van der Waals surface area contributed by atoms with Gasteiger partial charge in [-0.25, -0.2) is 13.4 Å². The van der Waals surface area contributed by atoms with Gasteiger partial charge in [-0.3, -0.25) is 9.82 Å². The molecule has 0 aliphatic heterocycles. The summed E-state index contributed by atoms with van der Waals surface area (Å²) >= 11 is 1.32. The summed E-state index contributed by atoms with van der Waals surface area (Å²) in [6, 6.07) is 0. The van der Waals surface area contributed by atoms with E-state index in [1.54, 1.807) is 13.8 Å². The molecule has 0 fully saturated rings. The molecule has 0 amide bonds. The number of anilines is 1. The highest BCUT2D eigenvalue weighted by atomic mass is 32.2. The van der Waals surface area contributed by atoms with Crippen LogP contribution in [-0.4, -0.2) is 23.6 Å². The van der Waals surface area contributed by atoms with Gasteiger partial charge in [0.05, 0.1) is 17.1 Å². The van der Waals surface area contributed by atoms with Crippen molar-refractivity contribution in [3.63, 3.8) is 0 Å². The molecule has 2 rings (SSSR count). The lowest BCUT2D eigenvalue weighted by Gasteiger charge is -2.04. The van der Waals surface area contributed by atoms with E-state index in [0.29, 0.717) is 16.5 Å². The lowest BCUT2D eigenvalue weighted by Crippen LogP contribution is -2.14. The number of nitrogens with one attached hydrogen (secondary N) is 2. The van der Waals surface area contributed by atoms with E-state index < -0.39 is 10.0 Å². The summed E-state index contributed by atoms with van der Waals surface area (Å²) in [5, 5.41) is 6.92. The quantitative estimate of drug-likeness (QED) is 0.902. The van der Waals surface area contributed by atoms with E-state index in [-0.39, 0.29) is 4.90 Å². The maximum atomic E-state index is 12.2. The van der Waals surface area contributed by atoms with Crippen molar-refractivity contribution in [2.45, 2.75) is 32.6 Å². The van der Waals surface area contributed by atoms with E-state index in [2.05, 4.69) is 19.9 Å². The Labute approximate surface area is 110 Å². The van der Waals surface area contributed by atoms with Crippen molar-refractivity contribution < 1.29 is 8.42 Å². The van der Waals surface area contributed by atoms with Crippen LogP contribution in [0.15, 0.2) is 4.90 Å². The number of rotatable bonds is 3. The number of nitrogens with zero attached hydrogens (tertiary/aromatic N) is 2. The molecule has 2 aromatic heterocycles. The summed E-state index contributed by atoms with van der Waals surface area (Å²) in [6.07, 6.45) is 0. The molecule has 0 aliphatic rings. The Hall–Kier alpha value is -1.41. The maximum Gasteiger partial charge on any atom is 0.267 e. The molecular weight excluding hydrogens is 272 g/mol. The molecule has 2 N–H and O–H groups in total. The molecule has 0 saturated heterocycles. The SMILES string of the molecule is Cc1nc(NS(=O)(=O)c2c(C)n[nH]c2C)sc1C. The highest BCUT2D eigenvalue weighted by Crippen LogP contribution is 2.25. The van der Waals surface area contributed by atoms with E-state index in [1.165, 1.54) is 11.3 Å². The zero-order chi connectivity index (χ0) is 13.5. The molecule has 0 aromatic carbocycles. The molecule has 2 aromatic rings. The van der Waals surface area contributed by atoms with E-state index >= 15 is 0 Å². The largest absolute Gasteiger partial charge is 0.281 e. The van der Waals surface area contributed by atoms with Gasteiger partial charge in [-0.2, -0.15) is 5.10 Å². The van der Waals surface area contributed by atoms with E-state index in [4.69, 9.17) is 0 Å². The zero-order valence-electron chi connectivity index (χ0n) is 10.5. The number of aromatic amines is 1. The number of hydrogen-bond acceptors (Lipinski definition) is 5. The number of hydrogen-bond donors (Lipinski definition) is 2. The van der Waals surface area contributed by atoms with Crippen molar-refractivity contribution >= 4 is 26.5 Å². The van der Waals surface area contributed by atoms with Crippen LogP contribution in [0.2, 0.25) is 0 Å². The molecule has 0 radical (unpaired) electrons. The Morgan fingerprint density at radius 2 is 1.83 bits per heavy atom. The second-order valence-electron chi connectivity index (χ2n) is 4.03. The second kappa shape index (κ2) is 4.36. The number of aromatic nitrogens is 3. The maximum absolute atomic E-state index is 12.2. The Kier molecular flexibility index (Phi) is 3.16. The predicted octanol–water partition coefficient (Wildman–Crippen LogP) is 1.90. The predicted molar refractivity (Wildman–Crippen MR) is 70.5 cm³/mol. The normalized spacial score (nSPS) is 11.8. The van der Waals surface area contributed by atoms with Crippen LogP contribution in [0.25, 0.3) is 0 Å². The first-order valence-corrected chi connectivity index (χ1v) is 7.59. The third-order valence-corrected chi connectivity index (χ3v) is 5.30. The van der Waals surface area contributed by atoms with Crippen LogP contribution in [0.5, 0.6) is 0 Å². The summed E-state index contributed by atoms with van der Waals surface area (Å²) in [6.45, 7) is 7.07. The summed E-state index contributed by atoms with van der Waals surface area (Å²) in [5.41, 5.74) is 1.80. The van der Waals surface area contributed by atoms with Crippen LogP contribution in [0.3, 0.4) is 0 Å². The van der Waals surface area contributed by atoms with Crippen molar-refractivity contribution in [3.8, 4) is 0 Å². The smallest absolute Gasteiger partial charge is 0.267 e. The molecule has 6 nitrogen and oxygen atoms in total. The number of H-pyrrole nitrogens is 1. The van der Waals surface area contributed by atoms with Crippen LogP contribution in [-0.2, 0) is 10.0 Å². The van der Waals surface area contributed by atoms with Crippen molar-refractivity contribution in [2.75, 3.05) is 4.72 Å². The van der Waals surface area contributed by atoms with Crippen molar-refractivity contribution in [3.05, 3.63) is 22.0 Å². The highest BCUT2D eigenvalue weighted by Gasteiger charge is 2.23. The summed E-state index contributed by atoms with van der Waals surface area (Å²) in [5.74, 6) is 0. The third-order valence-electron chi connectivity index (χ3n) is 2.58. The van der Waals surface area contributed by atoms with Gasteiger partial charge in [0.2, 0.25) is 0 Å². The Morgan fingerprint density at radius 3 is 2.28 bits per heavy atom. The summed E-state index contributed by atoms with van der Waals surface area (Å²) in [4.78, 5) is 5.34. The molecule has 0 saturated carbocycles. The topological polar surface area (TPSA) is 87.7 Å². The Morgan fingerprint density at radius 1 is 1.17 bits per heavy atom. The van der Waals surface area contributed by atoms with Gasteiger partial charge in [0, 0.05) is 4.88 Å². The molecule has 2 heterocycles. The van der Waals surface area contributed by atoms with Crippen molar-refractivity contribution in [1.29, 1.82) is 0 Å². The van der Waals surface area contributed by atoms with Gasteiger partial charge in [0.25, 0.3) is 10.0 Å². The Balaban J connectivity index is 2.39. The van der Waals surface area contributed by atoms with Gasteiger partial charge in [0.15, 0.2) is 5.13 Å². The standard InChI is InChI=1S/C10H14N4O2S2/c1-5-8(4)17-10(11-5)14-18(15,16)9-6(2)12-13-7(9)3/h1-4H3,(H,11,14)(H,12,13). The second-order valence-corrected chi connectivity index (χ2v) is 6.85. The summed E-state index contributed by atoms with van der Waals surface area (Å²) < 4.78 is 26.9.